The topological polar surface area (TPSA) is 69.0 Å². The highest BCUT2D eigenvalue weighted by molar-refractivity contribution is 7.98. The standard InChI is InChI=1S/C21H24N4O2S/c1-4-28-14-25-20(21(26)22-13-16-7-5-15(2)6-8-16)19(23-24-25)17-9-11-18(27-3)12-10-17/h5-12H,4,13-14H2,1-3H3,(H,22,26). The Bertz CT molecular complexity index is 921. The number of aryl methyl sites for hydroxylation is 1. The third kappa shape index (κ3) is 4.72. The minimum absolute atomic E-state index is 0.187. The summed E-state index contributed by atoms with van der Waals surface area (Å²) < 4.78 is 6.88. The predicted octanol–water partition coefficient (Wildman–Crippen LogP) is 3.90. The molecule has 7 heteroatoms. The molecule has 0 radical (unpaired) electrons. The first-order valence-electron chi connectivity index (χ1n) is 9.11. The molecule has 1 amide bonds. The number of benzene rings is 2. The number of nitrogens with one attached hydrogen (secondary N) is 1. The van der Waals surface area contributed by atoms with Crippen LogP contribution < -0.4 is 10.1 Å². The number of carbonyl (C=O) groups is 1. The van der Waals surface area contributed by atoms with Crippen LogP contribution in [-0.2, 0) is 12.4 Å². The van der Waals surface area contributed by atoms with Crippen LogP contribution in [0, 0.1) is 6.92 Å². The fourth-order valence-electron chi connectivity index (χ4n) is 2.72. The summed E-state index contributed by atoms with van der Waals surface area (Å²) in [6, 6.07) is 15.6. The predicted molar refractivity (Wildman–Crippen MR) is 112 cm³/mol. The Kier molecular flexibility index (Phi) is 6.71. The Morgan fingerprint density at radius 1 is 1.14 bits per heavy atom. The number of carbonyl (C=O) groups excluding carboxylic acids is 1. The maximum absolute atomic E-state index is 13.0. The highest BCUT2D eigenvalue weighted by Gasteiger charge is 2.21. The van der Waals surface area contributed by atoms with Crippen LogP contribution in [0.5, 0.6) is 5.75 Å². The zero-order valence-electron chi connectivity index (χ0n) is 16.3. The largest absolute Gasteiger partial charge is 0.497 e. The summed E-state index contributed by atoms with van der Waals surface area (Å²) in [4.78, 5) is 13.0. The quantitative estimate of drug-likeness (QED) is 0.625. The lowest BCUT2D eigenvalue weighted by atomic mass is 10.1. The van der Waals surface area contributed by atoms with E-state index in [9.17, 15) is 4.79 Å². The number of amides is 1. The zero-order chi connectivity index (χ0) is 19.9. The van der Waals surface area contributed by atoms with Crippen LogP contribution in [-0.4, -0.2) is 33.8 Å². The van der Waals surface area contributed by atoms with Crippen molar-refractivity contribution in [2.75, 3.05) is 12.9 Å². The lowest BCUT2D eigenvalue weighted by Gasteiger charge is -2.09. The van der Waals surface area contributed by atoms with Gasteiger partial charge in [-0.1, -0.05) is 42.0 Å². The molecule has 0 spiro atoms. The Morgan fingerprint density at radius 2 is 1.86 bits per heavy atom. The number of nitrogens with zero attached hydrogens (tertiary/aromatic N) is 3. The van der Waals surface area contributed by atoms with E-state index in [0.29, 0.717) is 23.8 Å². The van der Waals surface area contributed by atoms with Crippen molar-refractivity contribution < 1.29 is 9.53 Å². The molecule has 0 aliphatic carbocycles. The first-order valence-corrected chi connectivity index (χ1v) is 10.3. The molecule has 3 aromatic rings. The van der Waals surface area contributed by atoms with Gasteiger partial charge in [-0.3, -0.25) is 4.79 Å². The summed E-state index contributed by atoms with van der Waals surface area (Å²) in [7, 11) is 1.62. The van der Waals surface area contributed by atoms with Gasteiger partial charge >= 0.3 is 0 Å². The highest BCUT2D eigenvalue weighted by atomic mass is 32.2. The van der Waals surface area contributed by atoms with E-state index >= 15 is 0 Å². The number of hydrogen-bond donors (Lipinski definition) is 1. The van der Waals surface area contributed by atoms with E-state index in [1.807, 2.05) is 55.5 Å². The lowest BCUT2D eigenvalue weighted by Crippen LogP contribution is -2.26. The van der Waals surface area contributed by atoms with E-state index in [2.05, 4.69) is 22.6 Å². The van der Waals surface area contributed by atoms with Gasteiger partial charge in [-0.25, -0.2) is 4.68 Å². The van der Waals surface area contributed by atoms with Gasteiger partial charge in [0.1, 0.15) is 11.4 Å². The maximum atomic E-state index is 13.0. The fraction of sp³-hybridized carbons (Fsp3) is 0.286. The van der Waals surface area contributed by atoms with Crippen LogP contribution in [0.2, 0.25) is 0 Å². The number of ether oxygens (including phenoxy) is 1. The first kappa shape index (κ1) is 19.9. The number of hydrogen-bond acceptors (Lipinski definition) is 5. The number of thioether (sulfide) groups is 1. The van der Waals surface area contributed by atoms with Crippen molar-refractivity contribution in [2.24, 2.45) is 0 Å². The molecule has 3 rings (SSSR count). The Hall–Kier alpha value is -2.80. The molecule has 0 unspecified atom stereocenters. The molecule has 0 atom stereocenters. The summed E-state index contributed by atoms with van der Waals surface area (Å²) in [6.07, 6.45) is 0. The Labute approximate surface area is 169 Å². The third-order valence-electron chi connectivity index (χ3n) is 4.31. The average Bonchev–Trinajstić information content (AvgIpc) is 3.15. The van der Waals surface area contributed by atoms with Crippen LogP contribution >= 0.6 is 11.8 Å². The molecule has 0 saturated carbocycles. The van der Waals surface area contributed by atoms with Crippen LogP contribution in [0.15, 0.2) is 48.5 Å². The van der Waals surface area contributed by atoms with Crippen molar-refractivity contribution in [2.45, 2.75) is 26.3 Å². The van der Waals surface area contributed by atoms with E-state index in [-0.39, 0.29) is 5.91 Å². The fourth-order valence-corrected chi connectivity index (χ4v) is 3.26. The van der Waals surface area contributed by atoms with Gasteiger partial charge in [0.25, 0.3) is 5.91 Å². The summed E-state index contributed by atoms with van der Waals surface area (Å²) in [5, 5.41) is 11.5. The second-order valence-electron chi connectivity index (χ2n) is 6.30. The lowest BCUT2D eigenvalue weighted by molar-refractivity contribution is 0.0942. The molecule has 0 bridgehead atoms. The second kappa shape index (κ2) is 9.41. The van der Waals surface area contributed by atoms with Gasteiger partial charge in [0.15, 0.2) is 5.69 Å². The molecule has 0 saturated heterocycles. The molecule has 0 aliphatic rings. The first-order chi connectivity index (χ1) is 13.6. The monoisotopic (exact) mass is 396 g/mol. The third-order valence-corrected chi connectivity index (χ3v) is 5.14. The average molecular weight is 397 g/mol. The van der Waals surface area contributed by atoms with E-state index < -0.39 is 0 Å². The minimum atomic E-state index is -0.187. The van der Waals surface area contributed by atoms with Gasteiger partial charge < -0.3 is 10.1 Å². The van der Waals surface area contributed by atoms with Crippen molar-refractivity contribution in [3.63, 3.8) is 0 Å². The maximum Gasteiger partial charge on any atom is 0.272 e. The van der Waals surface area contributed by atoms with Gasteiger partial charge in [0.05, 0.1) is 13.0 Å². The summed E-state index contributed by atoms with van der Waals surface area (Å²) in [6.45, 7) is 4.56. The molecule has 6 nitrogen and oxygen atoms in total. The number of aromatic nitrogens is 3. The van der Waals surface area contributed by atoms with E-state index in [1.165, 1.54) is 5.56 Å². The van der Waals surface area contributed by atoms with Gasteiger partial charge in [-0.2, -0.15) is 0 Å². The molecular weight excluding hydrogens is 372 g/mol. The zero-order valence-corrected chi connectivity index (χ0v) is 17.1. The second-order valence-corrected chi connectivity index (χ2v) is 7.55. The molecule has 1 heterocycles. The van der Waals surface area contributed by atoms with Crippen molar-refractivity contribution in [3.8, 4) is 17.0 Å². The summed E-state index contributed by atoms with van der Waals surface area (Å²) in [5.41, 5.74) is 4.11. The Balaban J connectivity index is 1.85. The molecule has 2 aromatic carbocycles. The molecule has 146 valence electrons. The molecule has 28 heavy (non-hydrogen) atoms. The smallest absolute Gasteiger partial charge is 0.272 e. The van der Waals surface area contributed by atoms with E-state index in [4.69, 9.17) is 4.74 Å². The summed E-state index contributed by atoms with van der Waals surface area (Å²) in [5.74, 6) is 2.07. The molecule has 1 N–H and O–H groups in total. The SMILES string of the molecule is CCSCn1nnc(-c2ccc(OC)cc2)c1C(=O)NCc1ccc(C)cc1. The molecule has 1 aromatic heterocycles. The van der Waals surface area contributed by atoms with Gasteiger partial charge in [-0.15, -0.1) is 16.9 Å². The van der Waals surface area contributed by atoms with Crippen LogP contribution in [0.25, 0.3) is 11.3 Å². The van der Waals surface area contributed by atoms with Crippen molar-refractivity contribution in [3.05, 3.63) is 65.4 Å². The van der Waals surface area contributed by atoms with E-state index in [0.717, 1.165) is 22.6 Å². The molecule has 0 fully saturated rings. The van der Waals surface area contributed by atoms with E-state index in [1.54, 1.807) is 23.6 Å². The van der Waals surface area contributed by atoms with Crippen LogP contribution in [0.4, 0.5) is 0 Å². The number of rotatable bonds is 8. The normalized spacial score (nSPS) is 10.7. The van der Waals surface area contributed by atoms with Gasteiger partial charge in [0.2, 0.25) is 0 Å². The molecule has 0 aliphatic heterocycles. The van der Waals surface area contributed by atoms with Crippen LogP contribution in [0.3, 0.4) is 0 Å². The van der Waals surface area contributed by atoms with Gasteiger partial charge in [0, 0.05) is 12.1 Å². The summed E-state index contributed by atoms with van der Waals surface area (Å²) >= 11 is 1.68. The van der Waals surface area contributed by atoms with Gasteiger partial charge in [-0.05, 0) is 42.5 Å². The van der Waals surface area contributed by atoms with Crippen molar-refractivity contribution in [1.29, 1.82) is 0 Å². The highest BCUT2D eigenvalue weighted by Crippen LogP contribution is 2.24. The molecular formula is C21H24N4O2S. The van der Waals surface area contributed by atoms with Crippen LogP contribution in [0.1, 0.15) is 28.5 Å². The van der Waals surface area contributed by atoms with Crippen molar-refractivity contribution >= 4 is 17.7 Å². The Morgan fingerprint density at radius 3 is 2.50 bits per heavy atom. The van der Waals surface area contributed by atoms with Crippen molar-refractivity contribution in [1.82, 2.24) is 20.3 Å². The minimum Gasteiger partial charge on any atom is -0.497 e. The number of methoxy groups -OCH3 is 1.